The van der Waals surface area contributed by atoms with Crippen LogP contribution in [0.3, 0.4) is 0 Å². The number of rotatable bonds is 6. The Balaban J connectivity index is 1.50. The smallest absolute Gasteiger partial charge is 0.220 e. The van der Waals surface area contributed by atoms with E-state index < -0.39 is 0 Å². The number of fused-ring (bicyclic) bond motifs is 1. The van der Waals surface area contributed by atoms with Gasteiger partial charge in [-0.25, -0.2) is 4.39 Å². The fraction of sp³-hybridized carbons (Fsp3) is 0.588. The van der Waals surface area contributed by atoms with E-state index in [-0.39, 0.29) is 29.8 Å². The summed E-state index contributed by atoms with van der Waals surface area (Å²) in [6.45, 7) is 1.38. The van der Waals surface area contributed by atoms with Crippen LogP contribution in [0.2, 0.25) is 0 Å². The molecule has 2 aliphatic rings. The van der Waals surface area contributed by atoms with Gasteiger partial charge in [0.25, 0.3) is 0 Å². The molecule has 1 N–H and O–H groups in total. The van der Waals surface area contributed by atoms with E-state index in [1.807, 2.05) is 6.07 Å². The fourth-order valence-corrected chi connectivity index (χ4v) is 3.64. The largest absolute Gasteiger partial charge is 0.384 e. The van der Waals surface area contributed by atoms with Crippen molar-refractivity contribution in [3.05, 3.63) is 35.6 Å². The van der Waals surface area contributed by atoms with Gasteiger partial charge in [-0.15, -0.1) is 0 Å². The molecule has 4 nitrogen and oxygen atoms in total. The highest BCUT2D eigenvalue weighted by Gasteiger charge is 2.54. The van der Waals surface area contributed by atoms with Gasteiger partial charge in [-0.05, 0) is 30.5 Å². The minimum absolute atomic E-state index is 0.0146. The van der Waals surface area contributed by atoms with Gasteiger partial charge in [-0.3, -0.25) is 4.79 Å². The molecule has 1 heterocycles. The quantitative estimate of drug-likeness (QED) is 0.873. The van der Waals surface area contributed by atoms with Gasteiger partial charge >= 0.3 is 0 Å². The molecule has 0 bridgehead atoms. The lowest BCUT2D eigenvalue weighted by Crippen LogP contribution is -2.62. The standard InChI is InChI=1S/C17H22FNO3/c1-21-10-14-16(13-7-8-22-17(13)14)19-15(20)6-5-11-3-2-4-12(18)9-11/h2-4,9,13-14,16-17H,5-8,10H2,1H3,(H,19,20)/t13-,14+,16+,17-/m1/s1. The van der Waals surface area contributed by atoms with E-state index in [0.29, 0.717) is 25.4 Å². The van der Waals surface area contributed by atoms with Crippen molar-refractivity contribution in [2.24, 2.45) is 11.8 Å². The van der Waals surface area contributed by atoms with Crippen molar-refractivity contribution in [1.29, 1.82) is 0 Å². The van der Waals surface area contributed by atoms with E-state index in [1.165, 1.54) is 12.1 Å². The Labute approximate surface area is 130 Å². The number of carbonyl (C=O) groups is 1. The highest BCUT2D eigenvalue weighted by atomic mass is 19.1. The number of benzene rings is 1. The van der Waals surface area contributed by atoms with Crippen LogP contribution in [0.25, 0.3) is 0 Å². The molecule has 1 aromatic rings. The lowest BCUT2D eigenvalue weighted by atomic mass is 9.67. The molecule has 1 aliphatic heterocycles. The van der Waals surface area contributed by atoms with Crippen LogP contribution in [0, 0.1) is 17.7 Å². The molecule has 5 heteroatoms. The molecule has 0 aromatic heterocycles. The first kappa shape index (κ1) is 15.4. The molecule has 4 atom stereocenters. The third-order valence-corrected chi connectivity index (χ3v) is 4.74. The van der Waals surface area contributed by atoms with Gasteiger partial charge in [-0.1, -0.05) is 12.1 Å². The van der Waals surface area contributed by atoms with Gasteiger partial charge in [0.1, 0.15) is 5.82 Å². The zero-order valence-electron chi connectivity index (χ0n) is 12.8. The van der Waals surface area contributed by atoms with Crippen molar-refractivity contribution in [3.8, 4) is 0 Å². The molecule has 0 unspecified atom stereocenters. The first-order valence-electron chi connectivity index (χ1n) is 7.83. The monoisotopic (exact) mass is 307 g/mol. The number of carbonyl (C=O) groups excluding carboxylic acids is 1. The fourth-order valence-electron chi connectivity index (χ4n) is 3.64. The Morgan fingerprint density at radius 2 is 2.36 bits per heavy atom. The molecular weight excluding hydrogens is 285 g/mol. The maximum Gasteiger partial charge on any atom is 0.220 e. The summed E-state index contributed by atoms with van der Waals surface area (Å²) in [5.41, 5.74) is 0.847. The summed E-state index contributed by atoms with van der Waals surface area (Å²) in [6, 6.07) is 6.55. The molecule has 1 aromatic carbocycles. The second-order valence-corrected chi connectivity index (χ2v) is 6.13. The summed E-state index contributed by atoms with van der Waals surface area (Å²) in [5.74, 6) is 0.414. The zero-order chi connectivity index (χ0) is 15.5. The predicted octanol–water partition coefficient (Wildman–Crippen LogP) is 1.92. The molecule has 0 radical (unpaired) electrons. The van der Waals surface area contributed by atoms with Crippen LogP contribution in [0.4, 0.5) is 4.39 Å². The van der Waals surface area contributed by atoms with Gasteiger partial charge in [0, 0.05) is 38.0 Å². The Kier molecular flexibility index (Phi) is 4.74. The van der Waals surface area contributed by atoms with Crippen LogP contribution in [0.1, 0.15) is 18.4 Å². The summed E-state index contributed by atoms with van der Waals surface area (Å²) < 4.78 is 24.1. The molecule has 3 rings (SSSR count). The van der Waals surface area contributed by atoms with E-state index in [9.17, 15) is 9.18 Å². The number of halogens is 1. The highest BCUT2D eigenvalue weighted by molar-refractivity contribution is 5.76. The van der Waals surface area contributed by atoms with Gasteiger partial charge in [0.15, 0.2) is 0 Å². The average molecular weight is 307 g/mol. The summed E-state index contributed by atoms with van der Waals surface area (Å²) in [5, 5.41) is 3.11. The van der Waals surface area contributed by atoms with Gasteiger partial charge in [-0.2, -0.15) is 0 Å². The van der Waals surface area contributed by atoms with Gasteiger partial charge < -0.3 is 14.8 Å². The zero-order valence-corrected chi connectivity index (χ0v) is 12.8. The molecule has 22 heavy (non-hydrogen) atoms. The van der Waals surface area contributed by atoms with Crippen LogP contribution in [-0.2, 0) is 20.7 Å². The summed E-state index contributed by atoms with van der Waals surface area (Å²) >= 11 is 0. The number of hydrogen-bond donors (Lipinski definition) is 1. The van der Waals surface area contributed by atoms with Gasteiger partial charge in [0.2, 0.25) is 5.91 Å². The van der Waals surface area contributed by atoms with Crippen LogP contribution >= 0.6 is 0 Å². The third-order valence-electron chi connectivity index (χ3n) is 4.74. The van der Waals surface area contributed by atoms with Crippen molar-refractivity contribution in [3.63, 3.8) is 0 Å². The van der Waals surface area contributed by atoms with Crippen molar-refractivity contribution < 1.29 is 18.7 Å². The number of amides is 1. The SMILES string of the molecule is COC[C@H]1[C@@H](NC(=O)CCc2cccc(F)c2)[C@H]2CCO[C@H]21. The lowest BCUT2D eigenvalue weighted by molar-refractivity contribution is -0.129. The Morgan fingerprint density at radius 3 is 3.14 bits per heavy atom. The number of nitrogens with one attached hydrogen (secondary N) is 1. The van der Waals surface area contributed by atoms with E-state index in [2.05, 4.69) is 5.32 Å². The summed E-state index contributed by atoms with van der Waals surface area (Å²) in [7, 11) is 1.67. The number of hydrogen-bond acceptors (Lipinski definition) is 3. The average Bonchev–Trinajstić information content (AvgIpc) is 2.93. The Bertz CT molecular complexity index is 536. The molecule has 2 fully saturated rings. The lowest BCUT2D eigenvalue weighted by Gasteiger charge is -2.47. The first-order valence-corrected chi connectivity index (χ1v) is 7.83. The third kappa shape index (κ3) is 3.15. The molecule has 0 spiro atoms. The number of ether oxygens (including phenoxy) is 2. The molecule has 1 saturated heterocycles. The summed E-state index contributed by atoms with van der Waals surface area (Å²) in [4.78, 5) is 12.2. The second kappa shape index (κ2) is 6.75. The minimum atomic E-state index is -0.261. The topological polar surface area (TPSA) is 47.6 Å². The van der Waals surface area contributed by atoms with E-state index in [4.69, 9.17) is 9.47 Å². The predicted molar refractivity (Wildman–Crippen MR) is 79.9 cm³/mol. The minimum Gasteiger partial charge on any atom is -0.384 e. The van der Waals surface area contributed by atoms with Crippen LogP contribution in [-0.4, -0.2) is 38.4 Å². The molecule has 1 aliphatic carbocycles. The number of methoxy groups -OCH3 is 1. The second-order valence-electron chi connectivity index (χ2n) is 6.13. The molecule has 120 valence electrons. The molecular formula is C17H22FNO3. The van der Waals surface area contributed by atoms with E-state index >= 15 is 0 Å². The van der Waals surface area contributed by atoms with E-state index in [1.54, 1.807) is 13.2 Å². The van der Waals surface area contributed by atoms with Crippen molar-refractivity contribution >= 4 is 5.91 Å². The number of aryl methyl sites for hydroxylation is 1. The first-order chi connectivity index (χ1) is 10.7. The maximum absolute atomic E-state index is 13.1. The summed E-state index contributed by atoms with van der Waals surface area (Å²) in [6.07, 6.45) is 2.15. The Morgan fingerprint density at radius 1 is 1.50 bits per heavy atom. The highest BCUT2D eigenvalue weighted by Crippen LogP contribution is 2.43. The van der Waals surface area contributed by atoms with Crippen LogP contribution in [0.5, 0.6) is 0 Å². The van der Waals surface area contributed by atoms with Crippen molar-refractivity contribution in [2.45, 2.75) is 31.4 Å². The normalized spacial score (nSPS) is 29.7. The van der Waals surface area contributed by atoms with Crippen molar-refractivity contribution in [1.82, 2.24) is 5.32 Å². The molecule has 1 amide bonds. The van der Waals surface area contributed by atoms with E-state index in [0.717, 1.165) is 18.6 Å². The maximum atomic E-state index is 13.1. The van der Waals surface area contributed by atoms with Crippen LogP contribution in [0.15, 0.2) is 24.3 Å². The Hall–Kier alpha value is -1.46. The van der Waals surface area contributed by atoms with Gasteiger partial charge in [0.05, 0.1) is 12.7 Å². The van der Waals surface area contributed by atoms with Crippen molar-refractivity contribution in [2.75, 3.05) is 20.3 Å². The van der Waals surface area contributed by atoms with Crippen LogP contribution < -0.4 is 5.32 Å². The molecule has 1 saturated carbocycles.